The first kappa shape index (κ1) is 13.4. The first-order valence-corrected chi connectivity index (χ1v) is 5.79. The number of nitriles is 1. The molecule has 2 N–H and O–H groups in total. The van der Waals surface area contributed by atoms with Crippen molar-refractivity contribution in [2.45, 2.75) is 0 Å². The number of amides is 2. The molecule has 0 bridgehead atoms. The van der Waals surface area contributed by atoms with Crippen LogP contribution in [-0.2, 0) is 0 Å². The third-order valence-corrected chi connectivity index (χ3v) is 2.46. The maximum Gasteiger partial charge on any atom is 0.324 e. The summed E-state index contributed by atoms with van der Waals surface area (Å²) in [7, 11) is 1.56. The standard InChI is InChI=1S/C14H12N4O2/c1-20-12-4-2-3-11(7-12)17-14(19)18-13-6-5-10(8-15)9-16-13/h2-7,9H,1H3,(H2,16,17,18,19). The van der Waals surface area contributed by atoms with Crippen molar-refractivity contribution in [3.8, 4) is 11.8 Å². The molecule has 1 heterocycles. The van der Waals surface area contributed by atoms with Crippen molar-refractivity contribution in [1.82, 2.24) is 4.98 Å². The van der Waals surface area contributed by atoms with E-state index >= 15 is 0 Å². The highest BCUT2D eigenvalue weighted by atomic mass is 16.5. The van der Waals surface area contributed by atoms with Gasteiger partial charge < -0.3 is 10.1 Å². The van der Waals surface area contributed by atoms with E-state index in [1.54, 1.807) is 43.5 Å². The molecule has 0 atom stereocenters. The smallest absolute Gasteiger partial charge is 0.324 e. The molecule has 2 rings (SSSR count). The second-order valence-electron chi connectivity index (χ2n) is 3.85. The first-order valence-electron chi connectivity index (χ1n) is 5.79. The van der Waals surface area contributed by atoms with Crippen LogP contribution in [-0.4, -0.2) is 18.1 Å². The lowest BCUT2D eigenvalue weighted by Crippen LogP contribution is -2.20. The van der Waals surface area contributed by atoms with E-state index in [1.165, 1.54) is 6.20 Å². The number of pyridine rings is 1. The quantitative estimate of drug-likeness (QED) is 0.895. The minimum absolute atomic E-state index is 0.365. The number of hydrogen-bond donors (Lipinski definition) is 2. The molecule has 0 saturated heterocycles. The number of nitrogens with one attached hydrogen (secondary N) is 2. The van der Waals surface area contributed by atoms with Crippen molar-refractivity contribution in [1.29, 1.82) is 5.26 Å². The zero-order valence-corrected chi connectivity index (χ0v) is 10.8. The van der Waals surface area contributed by atoms with Gasteiger partial charge in [-0.3, -0.25) is 5.32 Å². The van der Waals surface area contributed by atoms with Crippen LogP contribution in [0.15, 0.2) is 42.6 Å². The van der Waals surface area contributed by atoms with E-state index in [0.717, 1.165) is 0 Å². The molecule has 6 heteroatoms. The number of rotatable bonds is 3. The minimum atomic E-state index is -0.421. The monoisotopic (exact) mass is 268 g/mol. The van der Waals surface area contributed by atoms with Gasteiger partial charge in [0, 0.05) is 18.0 Å². The van der Waals surface area contributed by atoms with E-state index in [-0.39, 0.29) is 0 Å². The normalized spacial score (nSPS) is 9.40. The fourth-order valence-corrected chi connectivity index (χ4v) is 1.51. The Balaban J connectivity index is 1.99. The van der Waals surface area contributed by atoms with Gasteiger partial charge in [-0.15, -0.1) is 0 Å². The molecule has 1 aromatic heterocycles. The lowest BCUT2D eigenvalue weighted by atomic mass is 10.3. The summed E-state index contributed by atoms with van der Waals surface area (Å²) in [6.45, 7) is 0. The van der Waals surface area contributed by atoms with Crippen molar-refractivity contribution in [2.24, 2.45) is 0 Å². The first-order chi connectivity index (χ1) is 9.71. The van der Waals surface area contributed by atoms with Gasteiger partial charge in [0.25, 0.3) is 0 Å². The number of carbonyl (C=O) groups is 1. The number of nitrogens with zero attached hydrogens (tertiary/aromatic N) is 2. The van der Waals surface area contributed by atoms with Gasteiger partial charge in [-0.05, 0) is 24.3 Å². The van der Waals surface area contributed by atoms with Gasteiger partial charge >= 0.3 is 6.03 Å². The number of anilines is 2. The summed E-state index contributed by atoms with van der Waals surface area (Å²) in [5.74, 6) is 1.02. The van der Waals surface area contributed by atoms with Gasteiger partial charge in [0.2, 0.25) is 0 Å². The molecule has 0 radical (unpaired) electrons. The highest BCUT2D eigenvalue weighted by molar-refractivity contribution is 5.99. The Kier molecular flexibility index (Phi) is 4.14. The summed E-state index contributed by atoms with van der Waals surface area (Å²) in [5.41, 5.74) is 1.04. The maximum absolute atomic E-state index is 11.8. The van der Waals surface area contributed by atoms with E-state index in [0.29, 0.717) is 22.8 Å². The Morgan fingerprint density at radius 3 is 2.80 bits per heavy atom. The second kappa shape index (κ2) is 6.20. The molecular formula is C14H12N4O2. The van der Waals surface area contributed by atoms with Crippen LogP contribution in [0.5, 0.6) is 5.75 Å². The molecule has 6 nitrogen and oxygen atoms in total. The Morgan fingerprint density at radius 1 is 1.30 bits per heavy atom. The summed E-state index contributed by atoms with van der Waals surface area (Å²) in [4.78, 5) is 15.7. The lowest BCUT2D eigenvalue weighted by molar-refractivity contribution is 0.262. The summed E-state index contributed by atoms with van der Waals surface area (Å²) in [6, 6.07) is 11.7. The van der Waals surface area contributed by atoms with Crippen LogP contribution < -0.4 is 15.4 Å². The highest BCUT2D eigenvalue weighted by Crippen LogP contribution is 2.16. The topological polar surface area (TPSA) is 87.0 Å². The van der Waals surface area contributed by atoms with Crippen LogP contribution >= 0.6 is 0 Å². The molecule has 0 unspecified atom stereocenters. The van der Waals surface area contributed by atoms with Crippen LogP contribution in [0, 0.1) is 11.3 Å². The number of benzene rings is 1. The Bertz CT molecular complexity index is 647. The predicted molar refractivity (Wildman–Crippen MR) is 74.6 cm³/mol. The summed E-state index contributed by atoms with van der Waals surface area (Å²) in [6.07, 6.45) is 1.39. The molecule has 1 aromatic carbocycles. The zero-order chi connectivity index (χ0) is 14.4. The molecule has 0 saturated carbocycles. The Labute approximate surface area is 116 Å². The number of hydrogen-bond acceptors (Lipinski definition) is 4. The number of carbonyl (C=O) groups excluding carboxylic acids is 1. The van der Waals surface area contributed by atoms with Gasteiger partial charge in [-0.1, -0.05) is 6.07 Å². The lowest BCUT2D eigenvalue weighted by Gasteiger charge is -2.08. The maximum atomic E-state index is 11.8. The van der Waals surface area contributed by atoms with E-state index in [4.69, 9.17) is 10.00 Å². The van der Waals surface area contributed by atoms with Gasteiger partial charge in [-0.2, -0.15) is 5.26 Å². The summed E-state index contributed by atoms with van der Waals surface area (Å²) >= 11 is 0. The molecule has 0 spiro atoms. The van der Waals surface area contributed by atoms with Gasteiger partial charge in [0.05, 0.1) is 12.7 Å². The predicted octanol–water partition coefficient (Wildman–Crippen LogP) is 2.61. The molecule has 0 aliphatic carbocycles. The largest absolute Gasteiger partial charge is 0.497 e. The van der Waals surface area contributed by atoms with Crippen LogP contribution in [0.25, 0.3) is 0 Å². The fraction of sp³-hybridized carbons (Fsp3) is 0.0714. The van der Waals surface area contributed by atoms with Crippen molar-refractivity contribution in [3.05, 3.63) is 48.2 Å². The van der Waals surface area contributed by atoms with Crippen molar-refractivity contribution in [2.75, 3.05) is 17.7 Å². The molecule has 0 aliphatic rings. The number of ether oxygens (including phenoxy) is 1. The average Bonchev–Trinajstić information content (AvgIpc) is 2.48. The molecular weight excluding hydrogens is 256 g/mol. The number of urea groups is 1. The van der Waals surface area contributed by atoms with Crippen molar-refractivity contribution >= 4 is 17.5 Å². The molecule has 2 amide bonds. The third-order valence-electron chi connectivity index (χ3n) is 2.46. The molecule has 0 aliphatic heterocycles. The van der Waals surface area contributed by atoms with Crippen molar-refractivity contribution < 1.29 is 9.53 Å². The summed E-state index contributed by atoms with van der Waals surface area (Å²) in [5, 5.41) is 13.9. The van der Waals surface area contributed by atoms with Gasteiger partial charge in [0.15, 0.2) is 0 Å². The van der Waals surface area contributed by atoms with E-state index in [9.17, 15) is 4.79 Å². The number of aromatic nitrogens is 1. The zero-order valence-electron chi connectivity index (χ0n) is 10.8. The average molecular weight is 268 g/mol. The van der Waals surface area contributed by atoms with E-state index in [2.05, 4.69) is 15.6 Å². The molecule has 100 valence electrons. The van der Waals surface area contributed by atoms with Crippen LogP contribution in [0.1, 0.15) is 5.56 Å². The van der Waals surface area contributed by atoms with Crippen LogP contribution in [0.4, 0.5) is 16.3 Å². The van der Waals surface area contributed by atoms with Crippen LogP contribution in [0.2, 0.25) is 0 Å². The SMILES string of the molecule is COc1cccc(NC(=O)Nc2ccc(C#N)cn2)c1. The third kappa shape index (κ3) is 3.46. The Hall–Kier alpha value is -3.07. The van der Waals surface area contributed by atoms with E-state index in [1.807, 2.05) is 6.07 Å². The molecule has 0 fully saturated rings. The fourth-order valence-electron chi connectivity index (χ4n) is 1.51. The molecule has 20 heavy (non-hydrogen) atoms. The minimum Gasteiger partial charge on any atom is -0.497 e. The second-order valence-corrected chi connectivity index (χ2v) is 3.85. The van der Waals surface area contributed by atoms with E-state index < -0.39 is 6.03 Å². The van der Waals surface area contributed by atoms with Gasteiger partial charge in [-0.25, -0.2) is 9.78 Å². The van der Waals surface area contributed by atoms with Crippen molar-refractivity contribution in [3.63, 3.8) is 0 Å². The molecule has 2 aromatic rings. The highest BCUT2D eigenvalue weighted by Gasteiger charge is 2.04. The number of methoxy groups -OCH3 is 1. The van der Waals surface area contributed by atoms with Gasteiger partial charge in [0.1, 0.15) is 17.6 Å². The van der Waals surface area contributed by atoms with Crippen LogP contribution in [0.3, 0.4) is 0 Å². The summed E-state index contributed by atoms with van der Waals surface area (Å²) < 4.78 is 5.07. The Morgan fingerprint density at radius 2 is 2.15 bits per heavy atom.